The molecule has 0 bridgehead atoms. The molecule has 5 N–H and O–H groups in total. The van der Waals surface area contributed by atoms with Crippen molar-refractivity contribution in [2.45, 2.75) is 0 Å². The fourth-order valence-corrected chi connectivity index (χ4v) is 0.743. The van der Waals surface area contributed by atoms with E-state index >= 15 is 0 Å². The molecule has 0 saturated heterocycles. The predicted octanol–water partition coefficient (Wildman–Crippen LogP) is 1.35. The highest BCUT2D eigenvalue weighted by molar-refractivity contribution is 5.90. The second kappa shape index (κ2) is 5.09. The van der Waals surface area contributed by atoms with Crippen LogP contribution < -0.4 is 11.9 Å². The molecule has 0 radical (unpaired) electrons. The molecule has 1 aromatic rings. The lowest BCUT2D eigenvalue weighted by atomic mass is 10.2. The van der Waals surface area contributed by atoms with E-state index in [9.17, 15) is 4.79 Å². The maximum Gasteiger partial charge on any atom is 0.241 e. The van der Waals surface area contributed by atoms with Crippen molar-refractivity contribution in [3.8, 4) is 0 Å². The third kappa shape index (κ3) is 3.53. The zero-order valence-corrected chi connectivity index (χ0v) is 6.73. The number of hydrogen-bond acceptors (Lipinski definition) is 2. The molecule has 1 amide bonds. The van der Waals surface area contributed by atoms with E-state index in [1.54, 1.807) is 6.08 Å². The van der Waals surface area contributed by atoms with Gasteiger partial charge in [0.1, 0.15) is 0 Å². The fraction of sp³-hybridized carbons (Fsp3) is 0. The van der Waals surface area contributed by atoms with Crippen molar-refractivity contribution in [3.63, 3.8) is 0 Å². The first-order valence-electron chi connectivity index (χ1n) is 3.31. The Bertz CT molecular complexity index is 267. The van der Waals surface area contributed by atoms with Crippen molar-refractivity contribution in [2.75, 3.05) is 0 Å². The summed E-state index contributed by atoms with van der Waals surface area (Å²) in [7, 11) is 0. The SMILES string of the molecule is N.NC(=O)/C=C/c1ccccc1. The quantitative estimate of drug-likeness (QED) is 0.647. The molecule has 12 heavy (non-hydrogen) atoms. The summed E-state index contributed by atoms with van der Waals surface area (Å²) >= 11 is 0. The van der Waals surface area contributed by atoms with Gasteiger partial charge in [-0.1, -0.05) is 30.3 Å². The lowest BCUT2D eigenvalue weighted by Gasteiger charge is -1.88. The summed E-state index contributed by atoms with van der Waals surface area (Å²) in [5.74, 6) is -0.422. The molecule has 0 aromatic heterocycles. The van der Waals surface area contributed by atoms with Crippen LogP contribution in [0.2, 0.25) is 0 Å². The highest BCUT2D eigenvalue weighted by atomic mass is 16.1. The molecule has 0 saturated carbocycles. The van der Waals surface area contributed by atoms with Gasteiger partial charge in [0.15, 0.2) is 0 Å². The Morgan fingerprint density at radius 2 is 1.83 bits per heavy atom. The molecule has 3 nitrogen and oxygen atoms in total. The van der Waals surface area contributed by atoms with Gasteiger partial charge >= 0.3 is 0 Å². The molecule has 0 spiro atoms. The van der Waals surface area contributed by atoms with Gasteiger partial charge in [0, 0.05) is 6.08 Å². The van der Waals surface area contributed by atoms with Crippen molar-refractivity contribution in [1.82, 2.24) is 6.15 Å². The van der Waals surface area contributed by atoms with Gasteiger partial charge in [-0.15, -0.1) is 0 Å². The van der Waals surface area contributed by atoms with Gasteiger partial charge in [0.05, 0.1) is 0 Å². The van der Waals surface area contributed by atoms with E-state index in [0.29, 0.717) is 0 Å². The van der Waals surface area contributed by atoms with Crippen LogP contribution in [0, 0.1) is 0 Å². The van der Waals surface area contributed by atoms with Gasteiger partial charge < -0.3 is 11.9 Å². The van der Waals surface area contributed by atoms with E-state index in [2.05, 4.69) is 0 Å². The molecule has 0 unspecified atom stereocenters. The summed E-state index contributed by atoms with van der Waals surface area (Å²) < 4.78 is 0. The number of primary amides is 1. The summed E-state index contributed by atoms with van der Waals surface area (Å²) in [5.41, 5.74) is 5.89. The van der Waals surface area contributed by atoms with Gasteiger partial charge in [-0.05, 0) is 11.6 Å². The third-order valence-corrected chi connectivity index (χ3v) is 1.24. The van der Waals surface area contributed by atoms with Crippen LogP contribution in [0.4, 0.5) is 0 Å². The fourth-order valence-electron chi connectivity index (χ4n) is 0.743. The number of benzene rings is 1. The molecule has 0 heterocycles. The molecule has 64 valence electrons. The zero-order chi connectivity index (χ0) is 8.10. The van der Waals surface area contributed by atoms with Gasteiger partial charge in [-0.25, -0.2) is 0 Å². The Labute approximate surface area is 71.5 Å². The normalized spacial score (nSPS) is 9.33. The maximum atomic E-state index is 10.3. The Kier molecular flexibility index (Phi) is 4.41. The van der Waals surface area contributed by atoms with Crippen LogP contribution in [0.15, 0.2) is 36.4 Å². The number of carbonyl (C=O) groups is 1. The lowest BCUT2D eigenvalue weighted by molar-refractivity contribution is -0.113. The first-order chi connectivity index (χ1) is 5.29. The number of carbonyl (C=O) groups excluding carboxylic acids is 1. The van der Waals surface area contributed by atoms with Crippen molar-refractivity contribution >= 4 is 12.0 Å². The Morgan fingerprint density at radius 3 is 2.33 bits per heavy atom. The van der Waals surface area contributed by atoms with E-state index < -0.39 is 5.91 Å². The van der Waals surface area contributed by atoms with Crippen LogP contribution in [0.3, 0.4) is 0 Å². The average Bonchev–Trinajstić information content (AvgIpc) is 2.03. The molecule has 1 aromatic carbocycles. The van der Waals surface area contributed by atoms with Crippen LogP contribution in [-0.2, 0) is 4.79 Å². The molecule has 0 aliphatic heterocycles. The minimum Gasteiger partial charge on any atom is -0.366 e. The molecule has 0 fully saturated rings. The van der Waals surface area contributed by atoms with Gasteiger partial charge in [0.25, 0.3) is 0 Å². The molecule has 0 aliphatic carbocycles. The summed E-state index contributed by atoms with van der Waals surface area (Å²) in [6, 6.07) is 9.53. The van der Waals surface area contributed by atoms with Gasteiger partial charge in [-0.3, -0.25) is 4.79 Å². The van der Waals surface area contributed by atoms with Crippen molar-refractivity contribution < 1.29 is 4.79 Å². The molecule has 0 atom stereocenters. The Balaban J connectivity index is 0.00000121. The van der Waals surface area contributed by atoms with Crippen LogP contribution in [0.25, 0.3) is 6.08 Å². The largest absolute Gasteiger partial charge is 0.366 e. The number of hydrogen-bond donors (Lipinski definition) is 2. The summed E-state index contributed by atoms with van der Waals surface area (Å²) in [5, 5.41) is 0. The Hall–Kier alpha value is -1.61. The summed E-state index contributed by atoms with van der Waals surface area (Å²) in [6.07, 6.45) is 3.03. The van der Waals surface area contributed by atoms with E-state index in [-0.39, 0.29) is 6.15 Å². The van der Waals surface area contributed by atoms with Crippen molar-refractivity contribution in [2.24, 2.45) is 5.73 Å². The van der Waals surface area contributed by atoms with E-state index in [4.69, 9.17) is 5.73 Å². The van der Waals surface area contributed by atoms with Crippen molar-refractivity contribution in [3.05, 3.63) is 42.0 Å². The molecule has 3 heteroatoms. The first-order valence-corrected chi connectivity index (χ1v) is 3.31. The standard InChI is InChI=1S/C9H9NO.H3N/c10-9(11)7-6-8-4-2-1-3-5-8;/h1-7H,(H2,10,11);1H3/b7-6+;. The van der Waals surface area contributed by atoms with E-state index in [1.807, 2.05) is 30.3 Å². The summed E-state index contributed by atoms with van der Waals surface area (Å²) in [4.78, 5) is 10.3. The van der Waals surface area contributed by atoms with Crippen LogP contribution >= 0.6 is 0 Å². The second-order valence-electron chi connectivity index (χ2n) is 2.15. The smallest absolute Gasteiger partial charge is 0.241 e. The zero-order valence-electron chi connectivity index (χ0n) is 6.73. The van der Waals surface area contributed by atoms with Crippen LogP contribution in [-0.4, -0.2) is 5.91 Å². The monoisotopic (exact) mass is 164 g/mol. The minimum atomic E-state index is -0.422. The highest BCUT2D eigenvalue weighted by Crippen LogP contribution is 1.99. The molecular weight excluding hydrogens is 152 g/mol. The number of amides is 1. The van der Waals surface area contributed by atoms with Gasteiger partial charge in [-0.2, -0.15) is 0 Å². The predicted molar refractivity (Wildman–Crippen MR) is 49.7 cm³/mol. The minimum absolute atomic E-state index is 0. The molecule has 0 aliphatic rings. The van der Waals surface area contributed by atoms with E-state index in [1.165, 1.54) is 6.08 Å². The third-order valence-electron chi connectivity index (χ3n) is 1.24. The summed E-state index contributed by atoms with van der Waals surface area (Å²) in [6.45, 7) is 0. The maximum absolute atomic E-state index is 10.3. The Morgan fingerprint density at radius 1 is 1.25 bits per heavy atom. The molecular formula is C9H12N2O. The van der Waals surface area contributed by atoms with E-state index in [0.717, 1.165) is 5.56 Å². The highest BCUT2D eigenvalue weighted by Gasteiger charge is 1.84. The average molecular weight is 164 g/mol. The second-order valence-corrected chi connectivity index (χ2v) is 2.15. The number of nitrogens with two attached hydrogens (primary N) is 1. The topological polar surface area (TPSA) is 78.1 Å². The van der Waals surface area contributed by atoms with Crippen LogP contribution in [0.5, 0.6) is 0 Å². The molecule has 1 rings (SSSR count). The van der Waals surface area contributed by atoms with Gasteiger partial charge in [0.2, 0.25) is 5.91 Å². The lowest BCUT2D eigenvalue weighted by Crippen LogP contribution is -2.04. The number of rotatable bonds is 2. The first kappa shape index (κ1) is 10.4. The van der Waals surface area contributed by atoms with Crippen LogP contribution in [0.1, 0.15) is 5.56 Å². The van der Waals surface area contributed by atoms with Crippen molar-refractivity contribution in [1.29, 1.82) is 0 Å².